The minimum absolute atomic E-state index is 0.294. The maximum atomic E-state index is 12.0. The minimum atomic E-state index is -0.294. The van der Waals surface area contributed by atoms with Gasteiger partial charge in [0.15, 0.2) is 5.82 Å². The van der Waals surface area contributed by atoms with Gasteiger partial charge in [-0.05, 0) is 25.1 Å². The monoisotopic (exact) mass is 293 g/mol. The van der Waals surface area contributed by atoms with Gasteiger partial charge in [0.2, 0.25) is 9.97 Å². The lowest BCUT2D eigenvalue weighted by molar-refractivity contribution is 0.102. The maximum Gasteiger partial charge on any atom is 0.286 e. The molecule has 0 unspecified atom stereocenters. The van der Waals surface area contributed by atoms with Crippen LogP contribution in [0.4, 0.5) is 5.69 Å². The van der Waals surface area contributed by atoms with E-state index >= 15 is 0 Å². The highest BCUT2D eigenvalue weighted by Gasteiger charge is 2.15. The van der Waals surface area contributed by atoms with Gasteiger partial charge in [0.25, 0.3) is 5.91 Å². The van der Waals surface area contributed by atoms with Crippen LogP contribution in [0.1, 0.15) is 15.6 Å². The van der Waals surface area contributed by atoms with E-state index in [9.17, 15) is 4.79 Å². The number of fused-ring (bicyclic) bond motifs is 1. The van der Waals surface area contributed by atoms with Gasteiger partial charge < -0.3 is 5.32 Å². The molecule has 2 aromatic heterocycles. The molecular formula is C11H8ClN5OS. The highest BCUT2D eigenvalue weighted by Crippen LogP contribution is 2.18. The van der Waals surface area contributed by atoms with Crippen LogP contribution < -0.4 is 5.32 Å². The molecule has 3 rings (SSSR count). The first-order valence-corrected chi connectivity index (χ1v) is 6.59. The Labute approximate surface area is 117 Å². The Morgan fingerprint density at radius 1 is 1.42 bits per heavy atom. The highest BCUT2D eigenvalue weighted by atomic mass is 35.5. The number of carbonyl (C=O) groups excluding carboxylic acids is 1. The zero-order chi connectivity index (χ0) is 13.4. The van der Waals surface area contributed by atoms with Crippen molar-refractivity contribution in [2.45, 2.75) is 6.92 Å². The molecule has 0 saturated heterocycles. The number of anilines is 1. The molecule has 3 aromatic rings. The van der Waals surface area contributed by atoms with Crippen LogP contribution in [0.25, 0.3) is 4.96 Å². The van der Waals surface area contributed by atoms with E-state index in [4.69, 9.17) is 11.6 Å². The molecule has 0 bridgehead atoms. The smallest absolute Gasteiger partial charge is 0.286 e. The lowest BCUT2D eigenvalue weighted by atomic mass is 10.3. The van der Waals surface area contributed by atoms with Crippen LogP contribution in [0.5, 0.6) is 0 Å². The summed E-state index contributed by atoms with van der Waals surface area (Å²) in [5.74, 6) is 0.352. The summed E-state index contributed by atoms with van der Waals surface area (Å²) in [7, 11) is 0. The van der Waals surface area contributed by atoms with Gasteiger partial charge in [-0.25, -0.2) is 0 Å². The van der Waals surface area contributed by atoms with E-state index in [-0.39, 0.29) is 5.91 Å². The van der Waals surface area contributed by atoms with Gasteiger partial charge in [-0.3, -0.25) is 4.79 Å². The first kappa shape index (κ1) is 12.1. The molecule has 8 heteroatoms. The molecule has 0 fully saturated rings. The molecule has 1 amide bonds. The van der Waals surface area contributed by atoms with Gasteiger partial charge >= 0.3 is 0 Å². The molecule has 0 aliphatic heterocycles. The zero-order valence-electron chi connectivity index (χ0n) is 9.79. The summed E-state index contributed by atoms with van der Waals surface area (Å²) in [6, 6.07) is 6.94. The van der Waals surface area contributed by atoms with Gasteiger partial charge in [-0.1, -0.05) is 29.0 Å². The number of benzene rings is 1. The molecule has 0 atom stereocenters. The molecule has 19 heavy (non-hydrogen) atoms. The fraction of sp³-hybridized carbons (Fsp3) is 0.0909. The maximum absolute atomic E-state index is 12.0. The number of halogens is 1. The summed E-state index contributed by atoms with van der Waals surface area (Å²) < 4.78 is 1.54. The lowest BCUT2D eigenvalue weighted by Crippen LogP contribution is -2.12. The number of nitrogens with zero attached hydrogens (tertiary/aromatic N) is 4. The average Bonchev–Trinajstić information content (AvgIpc) is 2.92. The van der Waals surface area contributed by atoms with Gasteiger partial charge in [-0.2, -0.15) is 4.52 Å². The molecule has 0 radical (unpaired) electrons. The predicted octanol–water partition coefficient (Wildman–Crippen LogP) is 2.40. The Hall–Kier alpha value is -1.99. The second kappa shape index (κ2) is 4.60. The first-order chi connectivity index (χ1) is 9.13. The van der Waals surface area contributed by atoms with Crippen LogP contribution in [0.2, 0.25) is 5.02 Å². The van der Waals surface area contributed by atoms with E-state index in [2.05, 4.69) is 20.6 Å². The van der Waals surface area contributed by atoms with E-state index in [1.165, 1.54) is 15.9 Å². The van der Waals surface area contributed by atoms with E-state index < -0.39 is 0 Å². The van der Waals surface area contributed by atoms with Crippen molar-refractivity contribution in [3.63, 3.8) is 0 Å². The third-order valence-corrected chi connectivity index (χ3v) is 3.56. The van der Waals surface area contributed by atoms with Crippen LogP contribution in [0, 0.1) is 6.92 Å². The zero-order valence-corrected chi connectivity index (χ0v) is 11.4. The summed E-state index contributed by atoms with van der Waals surface area (Å²) in [5, 5.41) is 15.6. The SMILES string of the molecule is Cc1nnc2sc(C(=O)Nc3cccc(Cl)c3)nn12. The summed E-state index contributed by atoms with van der Waals surface area (Å²) >= 11 is 7.04. The number of amides is 1. The highest BCUT2D eigenvalue weighted by molar-refractivity contribution is 7.18. The normalized spacial score (nSPS) is 10.8. The second-order valence-electron chi connectivity index (χ2n) is 3.81. The van der Waals surface area contributed by atoms with Crippen LogP contribution in [-0.4, -0.2) is 25.7 Å². The van der Waals surface area contributed by atoms with Gasteiger partial charge in [0.1, 0.15) is 0 Å². The van der Waals surface area contributed by atoms with Crippen LogP contribution >= 0.6 is 22.9 Å². The third kappa shape index (κ3) is 2.29. The van der Waals surface area contributed by atoms with E-state index in [1.807, 2.05) is 0 Å². The number of aromatic nitrogens is 4. The largest absolute Gasteiger partial charge is 0.320 e. The number of hydrogen-bond acceptors (Lipinski definition) is 5. The van der Waals surface area contributed by atoms with Gasteiger partial charge in [0.05, 0.1) is 0 Å². The second-order valence-corrected chi connectivity index (χ2v) is 5.21. The fourth-order valence-corrected chi connectivity index (χ4v) is 2.53. The number of carbonyl (C=O) groups is 1. The molecule has 0 saturated carbocycles. The van der Waals surface area contributed by atoms with Gasteiger partial charge in [0, 0.05) is 10.7 Å². The molecular weight excluding hydrogens is 286 g/mol. The summed E-state index contributed by atoms with van der Waals surface area (Å²) in [6.07, 6.45) is 0. The van der Waals surface area contributed by atoms with Crippen LogP contribution in [0.3, 0.4) is 0 Å². The van der Waals surface area contributed by atoms with Crippen molar-refractivity contribution >= 4 is 39.5 Å². The topological polar surface area (TPSA) is 72.2 Å². The number of hydrogen-bond donors (Lipinski definition) is 1. The Morgan fingerprint density at radius 3 is 3.00 bits per heavy atom. The van der Waals surface area contributed by atoms with E-state index in [0.29, 0.717) is 26.5 Å². The summed E-state index contributed by atoms with van der Waals surface area (Å²) in [5.41, 5.74) is 0.625. The third-order valence-electron chi connectivity index (χ3n) is 2.42. The average molecular weight is 294 g/mol. The predicted molar refractivity (Wildman–Crippen MR) is 72.8 cm³/mol. The van der Waals surface area contributed by atoms with Crippen LogP contribution in [-0.2, 0) is 0 Å². The Kier molecular flexibility index (Phi) is 2.92. The number of aryl methyl sites for hydroxylation is 1. The Balaban J connectivity index is 1.87. The van der Waals surface area contributed by atoms with Crippen molar-refractivity contribution in [1.29, 1.82) is 0 Å². The van der Waals surface area contributed by atoms with Crippen molar-refractivity contribution in [2.75, 3.05) is 5.32 Å². The van der Waals surface area contributed by atoms with E-state index in [1.54, 1.807) is 31.2 Å². The number of nitrogens with one attached hydrogen (secondary N) is 1. The molecule has 0 aliphatic carbocycles. The molecule has 2 heterocycles. The van der Waals surface area contributed by atoms with Crippen LogP contribution in [0.15, 0.2) is 24.3 Å². The van der Waals surface area contributed by atoms with Gasteiger partial charge in [-0.15, -0.1) is 15.3 Å². The number of rotatable bonds is 2. The Morgan fingerprint density at radius 2 is 2.26 bits per heavy atom. The van der Waals surface area contributed by atoms with Crippen molar-refractivity contribution < 1.29 is 4.79 Å². The molecule has 0 aliphatic rings. The van der Waals surface area contributed by atoms with Crippen molar-refractivity contribution in [3.8, 4) is 0 Å². The molecule has 96 valence electrons. The Bertz CT molecular complexity index is 765. The molecule has 6 nitrogen and oxygen atoms in total. The molecule has 1 aromatic carbocycles. The van der Waals surface area contributed by atoms with Crippen molar-refractivity contribution in [1.82, 2.24) is 19.8 Å². The first-order valence-electron chi connectivity index (χ1n) is 5.39. The lowest BCUT2D eigenvalue weighted by Gasteiger charge is -2.02. The standard InChI is InChI=1S/C11H8ClN5OS/c1-6-14-15-11-17(6)16-10(19-11)9(18)13-8-4-2-3-7(12)5-8/h2-5H,1H3,(H,13,18). The van der Waals surface area contributed by atoms with E-state index in [0.717, 1.165) is 0 Å². The quantitative estimate of drug-likeness (QED) is 0.787. The molecule has 0 spiro atoms. The van der Waals surface area contributed by atoms with Crippen molar-refractivity contribution in [2.24, 2.45) is 0 Å². The fourth-order valence-electron chi connectivity index (χ4n) is 1.56. The minimum Gasteiger partial charge on any atom is -0.320 e. The van der Waals surface area contributed by atoms with Crippen molar-refractivity contribution in [3.05, 3.63) is 40.1 Å². The summed E-state index contributed by atoms with van der Waals surface area (Å²) in [4.78, 5) is 12.6. The molecule has 1 N–H and O–H groups in total. The summed E-state index contributed by atoms with van der Waals surface area (Å²) in [6.45, 7) is 1.78.